The monoisotopic (exact) mass is 511 g/mol. The molecule has 0 radical (unpaired) electrons. The van der Waals surface area contributed by atoms with Crippen molar-refractivity contribution >= 4 is 23.2 Å². The largest absolute Gasteiger partial charge is 0.393 e. The van der Waals surface area contributed by atoms with Crippen LogP contribution in [0.25, 0.3) is 6.08 Å². The Hall–Kier alpha value is -1.80. The first-order chi connectivity index (χ1) is 17.1. The number of aromatic nitrogens is 2. The molecule has 0 amide bonds. The summed E-state index contributed by atoms with van der Waals surface area (Å²) in [5.74, 6) is 0.0429. The van der Waals surface area contributed by atoms with E-state index >= 15 is 0 Å². The summed E-state index contributed by atoms with van der Waals surface area (Å²) in [4.78, 5) is 15.4. The van der Waals surface area contributed by atoms with Crippen molar-refractivity contribution in [2.75, 3.05) is 6.61 Å². The van der Waals surface area contributed by atoms with Gasteiger partial charge in [-0.2, -0.15) is 5.10 Å². The number of aliphatic hydroxyl groups excluding tert-OH is 2. The van der Waals surface area contributed by atoms with Crippen LogP contribution >= 0.6 is 11.3 Å². The number of aromatic amines is 1. The third kappa shape index (κ3) is 3.32. The average Bonchev–Trinajstić information content (AvgIpc) is 3.52. The zero-order valence-electron chi connectivity index (χ0n) is 21.6. The first-order valence-corrected chi connectivity index (χ1v) is 14.4. The predicted octanol–water partition coefficient (Wildman–Crippen LogP) is 3.42. The second-order valence-corrected chi connectivity index (χ2v) is 13.5. The number of hydrogen-bond acceptors (Lipinski definition) is 5. The Balaban J connectivity index is 1.30. The summed E-state index contributed by atoms with van der Waals surface area (Å²) in [6, 6.07) is 4.44. The van der Waals surface area contributed by atoms with Crippen molar-refractivity contribution in [2.24, 2.45) is 28.6 Å². The van der Waals surface area contributed by atoms with Gasteiger partial charge in [-0.15, -0.1) is 16.0 Å². The van der Waals surface area contributed by atoms with E-state index < -0.39 is 29.5 Å². The maximum atomic E-state index is 12.6. The highest BCUT2D eigenvalue weighted by Gasteiger charge is 2.68. The van der Waals surface area contributed by atoms with Gasteiger partial charge in [0, 0.05) is 15.9 Å². The van der Waals surface area contributed by atoms with Gasteiger partial charge in [0.25, 0.3) is 0 Å². The molecule has 0 spiro atoms. The summed E-state index contributed by atoms with van der Waals surface area (Å²) >= 11 is 1.87. The van der Waals surface area contributed by atoms with Gasteiger partial charge in [-0.3, -0.25) is 4.79 Å². The molecule has 7 atom stereocenters. The van der Waals surface area contributed by atoms with Crippen LogP contribution in [-0.2, 0) is 24.2 Å². The number of nitrogens with one attached hydrogen (secondary N) is 1. The van der Waals surface area contributed by atoms with E-state index in [2.05, 4.69) is 48.0 Å². The maximum absolute atomic E-state index is 12.6. The Morgan fingerprint density at radius 1 is 1.25 bits per heavy atom. The van der Waals surface area contributed by atoms with Gasteiger partial charge < -0.3 is 15.3 Å². The smallest absolute Gasteiger partial charge is 0.206 e. The Labute approximate surface area is 217 Å². The normalized spacial score (nSPS) is 39.1. The second kappa shape index (κ2) is 8.35. The Morgan fingerprint density at radius 2 is 2.03 bits per heavy atom. The minimum absolute atomic E-state index is 0.100. The van der Waals surface area contributed by atoms with Crippen LogP contribution in [0.2, 0.25) is 0 Å². The van der Waals surface area contributed by atoms with E-state index in [1.807, 2.05) is 18.3 Å². The lowest BCUT2D eigenvalue weighted by Crippen LogP contribution is -2.62. The second-order valence-electron chi connectivity index (χ2n) is 12.3. The molecule has 3 saturated carbocycles. The number of fused-ring (bicyclic) bond motifs is 6. The molecule has 2 heterocycles. The maximum Gasteiger partial charge on any atom is 0.206 e. The lowest BCUT2D eigenvalue weighted by Gasteiger charge is -2.60. The molecule has 0 aliphatic heterocycles. The Morgan fingerprint density at radius 3 is 2.75 bits per heavy atom. The van der Waals surface area contributed by atoms with Crippen LogP contribution in [0.15, 0.2) is 23.9 Å². The fourth-order valence-electron chi connectivity index (χ4n) is 8.84. The van der Waals surface area contributed by atoms with E-state index in [0.29, 0.717) is 12.8 Å². The molecule has 2 aromatic rings. The third-order valence-electron chi connectivity index (χ3n) is 10.6. The van der Waals surface area contributed by atoms with Crippen molar-refractivity contribution in [2.45, 2.75) is 84.0 Å². The highest BCUT2D eigenvalue weighted by atomic mass is 32.1. The highest BCUT2D eigenvalue weighted by Crippen LogP contribution is 2.67. The molecular weight excluding hydrogens is 472 g/mol. The molecule has 6 nitrogen and oxygen atoms in total. The van der Waals surface area contributed by atoms with E-state index in [-0.39, 0.29) is 23.2 Å². The Bertz CT molecular complexity index is 1230. The lowest BCUT2D eigenvalue weighted by molar-refractivity contribution is -0.742. The number of ketones is 1. The number of aryl methyl sites for hydroxylation is 1. The molecule has 36 heavy (non-hydrogen) atoms. The van der Waals surface area contributed by atoms with Crippen LogP contribution in [0.4, 0.5) is 0 Å². The zero-order chi connectivity index (χ0) is 25.5. The van der Waals surface area contributed by atoms with Gasteiger partial charge in [0.2, 0.25) is 6.54 Å². The molecule has 194 valence electrons. The standard InChI is InChI=1S/C29H38N2O4S/c1-4-19-6-7-20(36-19)15-31-14-17-12-27(2)18(11-23(17)30-31)5-8-21-22-9-10-29(35,25(34)16-32)28(22,3)13-24(33)26(21)27/h6-7,11,14,21-22,24,26,32-33,35H,4-5,8-10,12-13,15-16H2,1-3H3/p+1/t21-,22-,24-,26+,27-,28-,29-/m0/s1. The van der Waals surface area contributed by atoms with Crippen molar-refractivity contribution in [3.8, 4) is 0 Å². The van der Waals surface area contributed by atoms with E-state index in [9.17, 15) is 20.1 Å². The average molecular weight is 512 g/mol. The molecule has 4 aliphatic rings. The van der Waals surface area contributed by atoms with E-state index in [4.69, 9.17) is 0 Å². The van der Waals surface area contributed by atoms with Crippen LogP contribution < -0.4 is 4.68 Å². The van der Waals surface area contributed by atoms with Crippen molar-refractivity contribution in [3.05, 3.63) is 44.9 Å². The van der Waals surface area contributed by atoms with Gasteiger partial charge in [0.1, 0.15) is 17.9 Å². The van der Waals surface area contributed by atoms with Gasteiger partial charge in [-0.1, -0.05) is 26.3 Å². The van der Waals surface area contributed by atoms with Crippen LogP contribution in [0, 0.1) is 28.6 Å². The number of carbonyl (C=O) groups is 1. The van der Waals surface area contributed by atoms with Gasteiger partial charge in [-0.25, -0.2) is 0 Å². The fourth-order valence-corrected chi connectivity index (χ4v) is 9.80. The number of aliphatic hydroxyl groups is 3. The fraction of sp³-hybridized carbons (Fsp3) is 0.655. The number of allylic oxidation sites excluding steroid dienone is 1. The first-order valence-electron chi connectivity index (χ1n) is 13.6. The number of rotatable bonds is 5. The molecular formula is C29H39N2O4S+. The van der Waals surface area contributed by atoms with Crippen LogP contribution in [0.1, 0.15) is 73.9 Å². The van der Waals surface area contributed by atoms with Crippen LogP contribution in [-0.4, -0.2) is 44.5 Å². The number of Topliss-reactive ketones (excluding diaryl/α,β-unsaturated/α-hetero) is 1. The van der Waals surface area contributed by atoms with Crippen molar-refractivity contribution < 1.29 is 24.8 Å². The van der Waals surface area contributed by atoms with E-state index in [1.54, 1.807) is 0 Å². The van der Waals surface area contributed by atoms with Crippen LogP contribution in [0.3, 0.4) is 0 Å². The third-order valence-corrected chi connectivity index (χ3v) is 11.8. The molecule has 7 heteroatoms. The first kappa shape index (κ1) is 24.5. The number of hydrogen-bond donors (Lipinski definition) is 4. The van der Waals surface area contributed by atoms with Gasteiger partial charge in [-0.05, 0) is 86.3 Å². The van der Waals surface area contributed by atoms with Crippen molar-refractivity contribution in [1.29, 1.82) is 0 Å². The molecule has 0 unspecified atom stereocenters. The predicted molar refractivity (Wildman–Crippen MR) is 138 cm³/mol. The molecule has 0 saturated heterocycles. The van der Waals surface area contributed by atoms with E-state index in [0.717, 1.165) is 38.6 Å². The number of H-pyrrole nitrogens is 1. The summed E-state index contributed by atoms with van der Waals surface area (Å²) < 4.78 is 2.19. The molecule has 0 aromatic carbocycles. The molecule has 4 aliphatic carbocycles. The summed E-state index contributed by atoms with van der Waals surface area (Å²) in [6.45, 7) is 6.69. The van der Waals surface area contributed by atoms with Crippen molar-refractivity contribution in [1.82, 2.24) is 5.10 Å². The zero-order valence-corrected chi connectivity index (χ0v) is 22.4. The SMILES string of the molecule is CCc1ccc(C[n+]2cc3c([nH]2)C=C2CC[C@@H]4[C@H]([C@@H](O)C[C@@]5(C)[C@H]4CC[C@]5(O)C(=O)CO)[C@@]2(C)C3)s1. The number of carbonyl (C=O) groups excluding carboxylic acids is 1. The van der Waals surface area contributed by atoms with Crippen LogP contribution in [0.5, 0.6) is 0 Å². The summed E-state index contributed by atoms with van der Waals surface area (Å²) in [5.41, 5.74) is 1.52. The molecule has 2 aromatic heterocycles. The molecule has 6 rings (SSSR count). The molecule has 4 N–H and O–H groups in total. The summed E-state index contributed by atoms with van der Waals surface area (Å²) in [6.07, 6.45) is 9.46. The van der Waals surface area contributed by atoms with Gasteiger partial charge in [0.05, 0.1) is 11.0 Å². The Kier molecular flexibility index (Phi) is 5.69. The summed E-state index contributed by atoms with van der Waals surface area (Å²) in [5, 5.41) is 36.3. The lowest BCUT2D eigenvalue weighted by atomic mass is 9.45. The van der Waals surface area contributed by atoms with E-state index in [1.165, 1.54) is 26.6 Å². The highest BCUT2D eigenvalue weighted by molar-refractivity contribution is 7.11. The quantitative estimate of drug-likeness (QED) is 0.463. The van der Waals surface area contributed by atoms with Gasteiger partial charge >= 0.3 is 0 Å². The minimum Gasteiger partial charge on any atom is -0.393 e. The summed E-state index contributed by atoms with van der Waals surface area (Å²) in [7, 11) is 0. The number of thiophene rings is 1. The number of nitrogens with zero attached hydrogens (tertiary/aromatic N) is 1. The topological polar surface area (TPSA) is 97.4 Å². The molecule has 0 bridgehead atoms. The van der Waals surface area contributed by atoms with Gasteiger partial charge in [0.15, 0.2) is 12.0 Å². The molecule has 3 fully saturated rings. The minimum atomic E-state index is -1.54. The van der Waals surface area contributed by atoms with Crippen molar-refractivity contribution in [3.63, 3.8) is 0 Å².